The molecule has 1 heterocycles. The topological polar surface area (TPSA) is 50.8 Å². The SMILES string of the molecule is CCCOc1ccc(NC(=O)O[C@H](C)CN2CCCCC2)cc1. The molecular weight excluding hydrogens is 292 g/mol. The van der Waals surface area contributed by atoms with Gasteiger partial charge in [-0.25, -0.2) is 4.79 Å². The van der Waals surface area contributed by atoms with Gasteiger partial charge in [0.05, 0.1) is 6.61 Å². The average molecular weight is 320 g/mol. The van der Waals surface area contributed by atoms with Crippen LogP contribution in [-0.4, -0.2) is 43.3 Å². The number of hydrogen-bond donors (Lipinski definition) is 1. The van der Waals surface area contributed by atoms with E-state index in [4.69, 9.17) is 9.47 Å². The molecule has 1 aliphatic heterocycles. The van der Waals surface area contributed by atoms with Crippen LogP contribution in [0.5, 0.6) is 5.75 Å². The standard InChI is InChI=1S/C18H28N2O3/c1-3-13-22-17-9-7-16(8-10-17)19-18(21)23-15(2)14-20-11-5-4-6-12-20/h7-10,15H,3-6,11-14H2,1-2H3,(H,19,21)/t15-/m1/s1. The van der Waals surface area contributed by atoms with Gasteiger partial charge in [0.25, 0.3) is 0 Å². The summed E-state index contributed by atoms with van der Waals surface area (Å²) < 4.78 is 10.9. The predicted molar refractivity (Wildman–Crippen MR) is 92.1 cm³/mol. The van der Waals surface area contributed by atoms with Gasteiger partial charge in [-0.05, 0) is 63.5 Å². The summed E-state index contributed by atoms with van der Waals surface area (Å²) in [4.78, 5) is 14.3. The molecule has 0 saturated carbocycles. The van der Waals surface area contributed by atoms with E-state index in [1.165, 1.54) is 19.3 Å². The van der Waals surface area contributed by atoms with E-state index in [1.54, 1.807) is 0 Å². The van der Waals surface area contributed by atoms with Crippen LogP contribution >= 0.6 is 0 Å². The van der Waals surface area contributed by atoms with Crippen molar-refractivity contribution in [3.63, 3.8) is 0 Å². The molecular formula is C18H28N2O3. The lowest BCUT2D eigenvalue weighted by Crippen LogP contribution is -2.37. The monoisotopic (exact) mass is 320 g/mol. The second kappa shape index (κ2) is 9.40. The lowest BCUT2D eigenvalue weighted by molar-refractivity contribution is 0.0833. The second-order valence-electron chi connectivity index (χ2n) is 6.08. The third-order valence-electron chi connectivity index (χ3n) is 3.85. The van der Waals surface area contributed by atoms with Gasteiger partial charge in [-0.2, -0.15) is 0 Å². The van der Waals surface area contributed by atoms with Crippen molar-refractivity contribution in [1.29, 1.82) is 0 Å². The maximum atomic E-state index is 11.9. The molecule has 5 nitrogen and oxygen atoms in total. The molecule has 0 aromatic heterocycles. The Kier molecular flexibility index (Phi) is 7.20. The van der Waals surface area contributed by atoms with Crippen molar-refractivity contribution in [2.24, 2.45) is 0 Å². The smallest absolute Gasteiger partial charge is 0.411 e. The normalized spacial score (nSPS) is 16.6. The summed E-state index contributed by atoms with van der Waals surface area (Å²) in [6, 6.07) is 7.34. The third-order valence-corrected chi connectivity index (χ3v) is 3.85. The highest BCUT2D eigenvalue weighted by atomic mass is 16.6. The zero-order valence-electron chi connectivity index (χ0n) is 14.2. The van der Waals surface area contributed by atoms with Crippen molar-refractivity contribution in [1.82, 2.24) is 4.90 Å². The molecule has 1 aliphatic rings. The number of hydrogen-bond acceptors (Lipinski definition) is 4. The summed E-state index contributed by atoms with van der Waals surface area (Å²) in [5, 5.41) is 2.76. The van der Waals surface area contributed by atoms with Gasteiger partial charge in [0, 0.05) is 12.2 Å². The first-order valence-corrected chi connectivity index (χ1v) is 8.60. The van der Waals surface area contributed by atoms with Crippen LogP contribution in [0.15, 0.2) is 24.3 Å². The molecule has 1 fully saturated rings. The third kappa shape index (κ3) is 6.48. The van der Waals surface area contributed by atoms with E-state index < -0.39 is 6.09 Å². The predicted octanol–water partition coefficient (Wildman–Crippen LogP) is 3.90. The summed E-state index contributed by atoms with van der Waals surface area (Å²) in [5.74, 6) is 0.809. The van der Waals surface area contributed by atoms with Crippen LogP contribution in [0.4, 0.5) is 10.5 Å². The molecule has 128 valence electrons. The van der Waals surface area contributed by atoms with Crippen LogP contribution in [0, 0.1) is 0 Å². The maximum absolute atomic E-state index is 11.9. The molecule has 0 bridgehead atoms. The maximum Gasteiger partial charge on any atom is 0.411 e. The minimum Gasteiger partial charge on any atom is -0.494 e. The number of likely N-dealkylation sites (tertiary alicyclic amines) is 1. The van der Waals surface area contributed by atoms with Gasteiger partial charge in [-0.1, -0.05) is 13.3 Å². The Morgan fingerprint density at radius 1 is 1.22 bits per heavy atom. The van der Waals surface area contributed by atoms with Crippen LogP contribution < -0.4 is 10.1 Å². The molecule has 1 atom stereocenters. The number of nitrogens with one attached hydrogen (secondary N) is 1. The van der Waals surface area contributed by atoms with Crippen LogP contribution in [0.1, 0.15) is 39.5 Å². The number of anilines is 1. The highest BCUT2D eigenvalue weighted by molar-refractivity contribution is 5.84. The van der Waals surface area contributed by atoms with Gasteiger partial charge in [0.15, 0.2) is 0 Å². The van der Waals surface area contributed by atoms with Crippen molar-refractivity contribution in [3.8, 4) is 5.75 Å². The molecule has 23 heavy (non-hydrogen) atoms. The van der Waals surface area contributed by atoms with E-state index in [0.29, 0.717) is 12.3 Å². The fraction of sp³-hybridized carbons (Fsp3) is 0.611. The molecule has 1 saturated heterocycles. The second-order valence-corrected chi connectivity index (χ2v) is 6.08. The molecule has 1 amide bonds. The van der Waals surface area contributed by atoms with Gasteiger partial charge in [0.1, 0.15) is 11.9 Å². The van der Waals surface area contributed by atoms with Crippen molar-refractivity contribution in [2.75, 3.05) is 31.6 Å². The lowest BCUT2D eigenvalue weighted by Gasteiger charge is -2.28. The number of piperidine rings is 1. The van der Waals surface area contributed by atoms with Gasteiger partial charge >= 0.3 is 6.09 Å². The van der Waals surface area contributed by atoms with Crippen molar-refractivity contribution in [2.45, 2.75) is 45.6 Å². The first-order chi connectivity index (χ1) is 11.2. The van der Waals surface area contributed by atoms with Gasteiger partial charge in [-0.3, -0.25) is 10.2 Å². The summed E-state index contributed by atoms with van der Waals surface area (Å²) in [6.45, 7) is 7.72. The molecule has 1 aromatic rings. The Balaban J connectivity index is 1.72. The number of rotatable bonds is 7. The quantitative estimate of drug-likeness (QED) is 0.828. The molecule has 1 aromatic carbocycles. The Morgan fingerprint density at radius 2 is 1.91 bits per heavy atom. The Morgan fingerprint density at radius 3 is 2.57 bits per heavy atom. The first-order valence-electron chi connectivity index (χ1n) is 8.60. The largest absolute Gasteiger partial charge is 0.494 e. The van der Waals surface area contributed by atoms with Gasteiger partial charge in [0.2, 0.25) is 0 Å². The van der Waals surface area contributed by atoms with Gasteiger partial charge < -0.3 is 9.47 Å². The van der Waals surface area contributed by atoms with Crippen LogP contribution in [-0.2, 0) is 4.74 Å². The zero-order valence-corrected chi connectivity index (χ0v) is 14.2. The van der Waals surface area contributed by atoms with Crippen LogP contribution in [0.2, 0.25) is 0 Å². The molecule has 5 heteroatoms. The Bertz CT molecular complexity index is 470. The van der Waals surface area contributed by atoms with E-state index in [0.717, 1.165) is 31.8 Å². The number of carbonyl (C=O) groups is 1. The number of benzene rings is 1. The summed E-state index contributed by atoms with van der Waals surface area (Å²) in [7, 11) is 0. The summed E-state index contributed by atoms with van der Waals surface area (Å²) in [5.41, 5.74) is 0.712. The van der Waals surface area contributed by atoms with E-state index in [1.807, 2.05) is 31.2 Å². The van der Waals surface area contributed by atoms with Crippen molar-refractivity contribution >= 4 is 11.8 Å². The molecule has 0 spiro atoms. The summed E-state index contributed by atoms with van der Waals surface area (Å²) >= 11 is 0. The summed E-state index contributed by atoms with van der Waals surface area (Å²) in [6.07, 6.45) is 4.25. The highest BCUT2D eigenvalue weighted by Crippen LogP contribution is 2.16. The first kappa shape index (κ1) is 17.6. The minimum atomic E-state index is -0.406. The van der Waals surface area contributed by atoms with E-state index in [9.17, 15) is 4.79 Å². The van der Waals surface area contributed by atoms with E-state index in [2.05, 4.69) is 17.1 Å². The Labute approximate surface area is 139 Å². The molecule has 0 radical (unpaired) electrons. The van der Waals surface area contributed by atoms with Crippen LogP contribution in [0.3, 0.4) is 0 Å². The van der Waals surface area contributed by atoms with Crippen molar-refractivity contribution < 1.29 is 14.3 Å². The van der Waals surface area contributed by atoms with Crippen LogP contribution in [0.25, 0.3) is 0 Å². The highest BCUT2D eigenvalue weighted by Gasteiger charge is 2.16. The number of amides is 1. The van der Waals surface area contributed by atoms with Gasteiger partial charge in [-0.15, -0.1) is 0 Å². The number of carbonyl (C=O) groups excluding carboxylic acids is 1. The molecule has 0 aliphatic carbocycles. The zero-order chi connectivity index (χ0) is 16.5. The lowest BCUT2D eigenvalue weighted by atomic mass is 10.1. The minimum absolute atomic E-state index is 0.111. The fourth-order valence-corrected chi connectivity index (χ4v) is 2.73. The Hall–Kier alpha value is -1.75. The number of ether oxygens (including phenoxy) is 2. The van der Waals surface area contributed by atoms with E-state index >= 15 is 0 Å². The fourth-order valence-electron chi connectivity index (χ4n) is 2.73. The van der Waals surface area contributed by atoms with E-state index in [-0.39, 0.29) is 6.10 Å². The molecule has 0 unspecified atom stereocenters. The molecule has 1 N–H and O–H groups in total. The average Bonchev–Trinajstić information content (AvgIpc) is 2.55. The molecule has 2 rings (SSSR count). The van der Waals surface area contributed by atoms with Crippen molar-refractivity contribution in [3.05, 3.63) is 24.3 Å². The number of nitrogens with zero attached hydrogens (tertiary/aromatic N) is 1.